The van der Waals surface area contributed by atoms with Crippen LogP contribution >= 0.6 is 14.6 Å². The van der Waals surface area contributed by atoms with E-state index >= 15 is 0 Å². The van der Waals surface area contributed by atoms with Crippen LogP contribution in [0.1, 0.15) is 59.8 Å². The van der Waals surface area contributed by atoms with Crippen LogP contribution < -0.4 is 41.5 Å². The number of ether oxygens (including phenoxy) is 4. The summed E-state index contributed by atoms with van der Waals surface area (Å²) in [5.74, 6) is -5.71. The van der Waals surface area contributed by atoms with Gasteiger partial charge < -0.3 is 90.2 Å². The number of nitrogens with one attached hydrogen (secondary N) is 5. The summed E-state index contributed by atoms with van der Waals surface area (Å²) in [6, 6.07) is -6.20. The summed E-state index contributed by atoms with van der Waals surface area (Å²) in [7, 11) is -11.4. The highest BCUT2D eigenvalue weighted by molar-refractivity contribution is 8.25. The highest BCUT2D eigenvalue weighted by Crippen LogP contribution is 2.72. The number of amides is 5. The molecule has 0 aliphatic carbocycles. The molecular weight excluding hydrogens is 906 g/mol. The molecule has 0 spiro atoms. The Morgan fingerprint density at radius 1 is 0.844 bits per heavy atom. The molecule has 0 saturated carbocycles. The number of carbonyl (C=O) groups excluding carboxylic acids is 6. The van der Waals surface area contributed by atoms with E-state index in [0.29, 0.717) is 20.0 Å². The van der Waals surface area contributed by atoms with Gasteiger partial charge in [0.25, 0.3) is 0 Å². The molecule has 15 atom stereocenters. The number of aliphatic carboxylic acids is 1. The second kappa shape index (κ2) is 26.3. The Morgan fingerprint density at radius 3 is 2.02 bits per heavy atom. The molecule has 64 heavy (non-hydrogen) atoms. The van der Waals surface area contributed by atoms with E-state index in [-0.39, 0.29) is 32.4 Å². The Kier molecular flexibility index (Phi) is 23.1. The molecule has 0 bridgehead atoms. The molecule has 2 aliphatic rings. The molecule has 2 saturated heterocycles. The molecule has 29 nitrogen and oxygen atoms in total. The van der Waals surface area contributed by atoms with Crippen LogP contribution in [0.25, 0.3) is 10.4 Å². The minimum atomic E-state index is -6.11. The van der Waals surface area contributed by atoms with Gasteiger partial charge >= 0.3 is 0 Å². The van der Waals surface area contributed by atoms with Gasteiger partial charge in [-0.15, -0.1) is 0 Å². The number of carboxylic acids is 1. The fourth-order valence-electron chi connectivity index (χ4n) is 6.28. The lowest BCUT2D eigenvalue weighted by molar-refractivity contribution is -0.334. The number of azide groups is 1. The average molecular weight is 962 g/mol. The third-order valence-corrected chi connectivity index (χ3v) is 13.7. The predicted molar refractivity (Wildman–Crippen MR) is 206 cm³/mol. The molecule has 2 fully saturated rings. The number of aliphatic hydroxyl groups is 4. The van der Waals surface area contributed by atoms with Crippen molar-refractivity contribution in [3.63, 3.8) is 0 Å². The Morgan fingerprint density at radius 2 is 1.45 bits per heavy atom. The molecule has 31 heteroatoms. The number of rotatable bonds is 26. The van der Waals surface area contributed by atoms with Gasteiger partial charge in [0.2, 0.25) is 44.1 Å². The van der Waals surface area contributed by atoms with Crippen LogP contribution in [-0.2, 0) is 65.9 Å². The van der Waals surface area contributed by atoms with E-state index in [2.05, 4.69) is 41.1 Å². The maximum atomic E-state index is 13.5. The first-order valence-corrected chi connectivity index (χ1v) is 23.4. The Balaban J connectivity index is 2.32. The second-order valence-electron chi connectivity index (χ2n) is 14.5. The molecule has 0 aromatic heterocycles. The van der Waals surface area contributed by atoms with E-state index in [1.165, 1.54) is 6.92 Å². The molecular formula is C33H55N8O21P2-3. The van der Waals surface area contributed by atoms with Crippen LogP contribution in [0.15, 0.2) is 5.11 Å². The number of hydrogen-bond acceptors (Lipinski definition) is 22. The zero-order valence-corrected chi connectivity index (χ0v) is 37.1. The molecule has 2 aliphatic heterocycles. The lowest BCUT2D eigenvalue weighted by Crippen LogP contribution is -2.70. The van der Waals surface area contributed by atoms with E-state index in [1.807, 2.05) is 0 Å². The molecule has 0 radical (unpaired) electrons. The first kappa shape index (κ1) is 56.2. The van der Waals surface area contributed by atoms with Gasteiger partial charge in [0.05, 0.1) is 25.2 Å². The Hall–Kier alpha value is -3.89. The number of aliphatic hydroxyl groups excluding tert-OH is 4. The quantitative estimate of drug-likeness (QED) is 0.0128. The van der Waals surface area contributed by atoms with E-state index < -0.39 is 143 Å². The summed E-state index contributed by atoms with van der Waals surface area (Å²) in [4.78, 5) is 102. The Labute approximate surface area is 365 Å². The third-order valence-electron chi connectivity index (χ3n) is 9.55. The number of hydrogen-bond donors (Lipinski definition) is 9. The van der Waals surface area contributed by atoms with Crippen LogP contribution in [-0.4, -0.2) is 169 Å². The minimum Gasteiger partial charge on any atom is -0.772 e. The van der Waals surface area contributed by atoms with Crippen molar-refractivity contribution >= 4 is 50.1 Å². The molecule has 5 amide bonds. The highest BCUT2D eigenvalue weighted by atomic mass is 32.1. The number of unbranched alkanes of at least 4 members (excludes halogenated alkanes) is 1. The molecule has 9 N–H and O–H groups in total. The standard InChI is InChI=1S/C33H58N8O21P2/c1-15(29(49)35-11-8-10-22(46)40-19(31(51)52)9-6-7-12-36-41-34)37-30(50)16(2)58-28-24(39-18(4)45)33(62-64(55,56)63(53,54)57-5)60-21(14-43)27(28)61-32-23(38-17(3)44)26(48)25(47)20(13-42)59-32/h15-16,19-21,23-28,32-33,42-43,47-48H,6-14H2,1-5H3,(H,35,49)(H,37,50)(H,38,44)(H,39,45)(H,40,46)(H,51,52)(H,53,54)(H,55,56)/p-3/t15-,16+,19+,20+,21+,23+,24+,25+,26+,27?,28+,32-,33+/m0/s1. The predicted octanol–water partition coefficient (Wildman–Crippen LogP) is -5.89. The minimum absolute atomic E-state index is 0.0208. The van der Waals surface area contributed by atoms with Crippen molar-refractivity contribution in [2.75, 3.05) is 33.4 Å². The first-order valence-electron chi connectivity index (χ1n) is 19.6. The van der Waals surface area contributed by atoms with Gasteiger partial charge in [-0.2, -0.15) is 0 Å². The number of carboxylic acid groups (broad SMARTS) is 1. The van der Waals surface area contributed by atoms with Crippen LogP contribution in [0, 0.1) is 0 Å². The van der Waals surface area contributed by atoms with Crippen LogP contribution in [0.2, 0.25) is 0 Å². The van der Waals surface area contributed by atoms with Crippen molar-refractivity contribution in [3.8, 4) is 0 Å². The van der Waals surface area contributed by atoms with E-state index in [9.17, 15) is 73.2 Å². The first-order chi connectivity index (χ1) is 29.9. The average Bonchev–Trinajstić information content (AvgIpc) is 3.22. The summed E-state index contributed by atoms with van der Waals surface area (Å²) >= 11 is 0. The summed E-state index contributed by atoms with van der Waals surface area (Å²) in [6.07, 6.45) is -16.2. The third kappa shape index (κ3) is 16.5. The summed E-state index contributed by atoms with van der Waals surface area (Å²) in [5.41, 5.74) is 8.33. The van der Waals surface area contributed by atoms with Crippen molar-refractivity contribution in [3.05, 3.63) is 10.4 Å². The SMILES string of the molecule is COP(=O)([O-])P(=O)([O-])O[C@H]1O[C@H](CO)C(O[C@@H]2O[C@H](CO)[C@@H](O)[C@H](O)[C@H]2NC(C)=O)[C@H](O[C@H](C)C(=O)N[C@@H](C)C(=O)NCCCC(=O)N[C@H](CCCCN=[N+]=[N-])C(=O)[O-])[C@H]1NC(C)=O. The lowest BCUT2D eigenvalue weighted by Gasteiger charge is -2.50. The maximum Gasteiger partial charge on any atom is 0.249 e. The van der Waals surface area contributed by atoms with Gasteiger partial charge in [-0.05, 0) is 38.6 Å². The second-order valence-corrected chi connectivity index (χ2v) is 19.9. The van der Waals surface area contributed by atoms with Crippen LogP contribution in [0.3, 0.4) is 0 Å². The Bertz CT molecular complexity index is 1760. The zero-order chi connectivity index (χ0) is 48.5. The summed E-state index contributed by atoms with van der Waals surface area (Å²) in [6.45, 7) is 2.35. The molecule has 0 aromatic carbocycles. The summed E-state index contributed by atoms with van der Waals surface area (Å²) in [5, 5.41) is 68.1. The zero-order valence-electron chi connectivity index (χ0n) is 35.3. The molecule has 3 unspecified atom stereocenters. The van der Waals surface area contributed by atoms with E-state index in [1.54, 1.807) is 0 Å². The van der Waals surface area contributed by atoms with Gasteiger partial charge in [-0.3, -0.25) is 37.6 Å². The fourth-order valence-corrected chi connectivity index (χ4v) is 8.27. The van der Waals surface area contributed by atoms with Crippen molar-refractivity contribution < 1.29 is 101 Å². The monoisotopic (exact) mass is 961 g/mol. The normalized spacial score (nSPS) is 28.9. The van der Waals surface area contributed by atoms with Gasteiger partial charge in [0.15, 0.2) is 12.6 Å². The van der Waals surface area contributed by atoms with E-state index in [4.69, 9.17) is 29.0 Å². The van der Waals surface area contributed by atoms with Crippen LogP contribution in [0.5, 0.6) is 0 Å². The van der Waals surface area contributed by atoms with Crippen molar-refractivity contribution in [2.45, 2.75) is 139 Å². The van der Waals surface area contributed by atoms with Gasteiger partial charge in [-0.25, -0.2) is 0 Å². The largest absolute Gasteiger partial charge is 0.772 e. The highest BCUT2D eigenvalue weighted by Gasteiger charge is 2.54. The van der Waals surface area contributed by atoms with E-state index in [0.717, 1.165) is 20.8 Å². The lowest BCUT2D eigenvalue weighted by atomic mass is 9.94. The molecule has 2 rings (SSSR count). The fraction of sp³-hybridized carbons (Fsp3) is 0.818. The summed E-state index contributed by atoms with van der Waals surface area (Å²) < 4.78 is 57.2. The van der Waals surface area contributed by atoms with Crippen molar-refractivity contribution in [1.29, 1.82) is 0 Å². The smallest absolute Gasteiger partial charge is 0.249 e. The van der Waals surface area contributed by atoms with Crippen molar-refractivity contribution in [1.82, 2.24) is 26.6 Å². The van der Waals surface area contributed by atoms with Crippen LogP contribution in [0.4, 0.5) is 0 Å². The molecule has 0 aromatic rings. The van der Waals surface area contributed by atoms with Gasteiger partial charge in [0, 0.05) is 45.4 Å². The van der Waals surface area contributed by atoms with Gasteiger partial charge in [-0.1, -0.05) is 11.5 Å². The maximum absolute atomic E-state index is 13.5. The van der Waals surface area contributed by atoms with Crippen molar-refractivity contribution in [2.24, 2.45) is 5.11 Å². The molecule has 2 heterocycles. The van der Waals surface area contributed by atoms with Gasteiger partial charge in [0.1, 0.15) is 60.9 Å². The number of nitrogens with zero attached hydrogens (tertiary/aromatic N) is 3. The topological polar surface area (TPSA) is 451 Å². The molecule has 366 valence electrons. The number of carbonyl (C=O) groups is 6.